The number of piperidine rings is 1. The first-order chi connectivity index (χ1) is 13.1. The minimum absolute atomic E-state index is 0.119. The van der Waals surface area contributed by atoms with E-state index in [1.807, 2.05) is 23.6 Å². The van der Waals surface area contributed by atoms with Crippen LogP contribution >= 0.6 is 0 Å². The first kappa shape index (κ1) is 16.9. The van der Waals surface area contributed by atoms with Gasteiger partial charge in [-0.2, -0.15) is 0 Å². The highest BCUT2D eigenvalue weighted by Gasteiger charge is 2.31. The Morgan fingerprint density at radius 3 is 2.85 bits per heavy atom. The van der Waals surface area contributed by atoms with Crippen molar-refractivity contribution in [1.82, 2.24) is 19.9 Å². The fourth-order valence-corrected chi connectivity index (χ4v) is 4.96. The van der Waals surface area contributed by atoms with E-state index in [9.17, 15) is 4.79 Å². The van der Waals surface area contributed by atoms with Gasteiger partial charge in [0.25, 0.3) is 5.56 Å². The van der Waals surface area contributed by atoms with E-state index in [0.717, 1.165) is 55.4 Å². The standard InChI is InChI=1S/C21H27N5O/c1-25(2)21-23-17-6-4-3-5-16(17)20(24-21)14-8-18-15-7-13(10-22-11-15)12-26(18)19(27)9-14/h8-9,13,15,22H,3-7,10-12H2,1-2H3/t13-,15+/m0/s1. The van der Waals surface area contributed by atoms with E-state index in [1.54, 1.807) is 6.07 Å². The zero-order chi connectivity index (χ0) is 18.5. The summed E-state index contributed by atoms with van der Waals surface area (Å²) in [6.45, 7) is 2.82. The fraction of sp³-hybridized carbons (Fsp3) is 0.571. The van der Waals surface area contributed by atoms with Crippen molar-refractivity contribution >= 4 is 5.95 Å². The maximum atomic E-state index is 13.0. The molecule has 5 rings (SSSR count). The lowest BCUT2D eigenvalue weighted by Gasteiger charge is -2.37. The van der Waals surface area contributed by atoms with Crippen molar-refractivity contribution in [3.05, 3.63) is 39.4 Å². The van der Waals surface area contributed by atoms with Gasteiger partial charge in [0.15, 0.2) is 0 Å². The predicted octanol–water partition coefficient (Wildman–Crippen LogP) is 1.96. The van der Waals surface area contributed by atoms with Crippen LogP contribution in [0.4, 0.5) is 5.95 Å². The summed E-state index contributed by atoms with van der Waals surface area (Å²) in [5, 5.41) is 3.53. The Labute approximate surface area is 159 Å². The number of nitrogens with one attached hydrogen (secondary N) is 1. The van der Waals surface area contributed by atoms with Crippen LogP contribution in [0.1, 0.15) is 42.1 Å². The molecule has 1 saturated heterocycles. The van der Waals surface area contributed by atoms with Gasteiger partial charge in [0, 0.05) is 61.7 Å². The highest BCUT2D eigenvalue weighted by Crippen LogP contribution is 2.35. The van der Waals surface area contributed by atoms with Crippen LogP contribution < -0.4 is 15.8 Å². The second-order valence-electron chi connectivity index (χ2n) is 8.47. The minimum Gasteiger partial charge on any atom is -0.347 e. The summed E-state index contributed by atoms with van der Waals surface area (Å²) < 4.78 is 2.00. The number of fused-ring (bicyclic) bond motifs is 5. The number of anilines is 1. The molecular formula is C21H27N5O. The molecule has 2 atom stereocenters. The third-order valence-corrected chi connectivity index (χ3v) is 6.31. The SMILES string of the molecule is CN(C)c1nc2c(c(-c3cc4n(c(=O)c3)C[C@@H]3CNC[C@H]4C3)n1)CCCC2. The van der Waals surface area contributed by atoms with Gasteiger partial charge in [0.1, 0.15) is 0 Å². The average Bonchev–Trinajstić information content (AvgIpc) is 2.68. The Hall–Kier alpha value is -2.21. The highest BCUT2D eigenvalue weighted by molar-refractivity contribution is 5.66. The highest BCUT2D eigenvalue weighted by atomic mass is 16.1. The number of aryl methyl sites for hydroxylation is 1. The first-order valence-corrected chi connectivity index (χ1v) is 10.1. The maximum absolute atomic E-state index is 13.0. The summed E-state index contributed by atoms with van der Waals surface area (Å²) in [6.07, 6.45) is 5.54. The van der Waals surface area contributed by atoms with Crippen LogP contribution in [-0.4, -0.2) is 41.7 Å². The van der Waals surface area contributed by atoms with Crippen molar-refractivity contribution in [2.45, 2.75) is 44.6 Å². The van der Waals surface area contributed by atoms with E-state index in [0.29, 0.717) is 11.8 Å². The van der Waals surface area contributed by atoms with E-state index < -0.39 is 0 Å². The Morgan fingerprint density at radius 2 is 2.00 bits per heavy atom. The van der Waals surface area contributed by atoms with Crippen molar-refractivity contribution in [1.29, 1.82) is 0 Å². The summed E-state index contributed by atoms with van der Waals surface area (Å²) in [6, 6.07) is 4.03. The lowest BCUT2D eigenvalue weighted by atomic mass is 9.83. The number of nitrogens with zero attached hydrogens (tertiary/aromatic N) is 4. The Balaban J connectivity index is 1.68. The molecule has 3 aliphatic rings. The summed E-state index contributed by atoms with van der Waals surface area (Å²) in [4.78, 5) is 24.6. The first-order valence-electron chi connectivity index (χ1n) is 10.1. The van der Waals surface area contributed by atoms with Gasteiger partial charge in [-0.15, -0.1) is 0 Å². The monoisotopic (exact) mass is 365 g/mol. The molecule has 0 amide bonds. The summed E-state index contributed by atoms with van der Waals surface area (Å²) in [5.41, 5.74) is 5.64. The van der Waals surface area contributed by atoms with Crippen molar-refractivity contribution in [3.63, 3.8) is 0 Å². The van der Waals surface area contributed by atoms with E-state index in [1.165, 1.54) is 30.5 Å². The summed E-state index contributed by atoms with van der Waals surface area (Å²) in [5.74, 6) is 1.74. The molecule has 0 radical (unpaired) electrons. The molecule has 0 aromatic carbocycles. The van der Waals surface area contributed by atoms with Crippen LogP contribution in [-0.2, 0) is 19.4 Å². The van der Waals surface area contributed by atoms with Crippen LogP contribution in [0.5, 0.6) is 0 Å². The second kappa shape index (κ2) is 6.44. The maximum Gasteiger partial charge on any atom is 0.251 e. The molecule has 6 nitrogen and oxygen atoms in total. The van der Waals surface area contributed by atoms with Gasteiger partial charge in [-0.05, 0) is 50.6 Å². The van der Waals surface area contributed by atoms with Crippen molar-refractivity contribution in [2.24, 2.45) is 5.92 Å². The van der Waals surface area contributed by atoms with Crippen LogP contribution in [0.3, 0.4) is 0 Å². The zero-order valence-electron chi connectivity index (χ0n) is 16.2. The quantitative estimate of drug-likeness (QED) is 0.881. The van der Waals surface area contributed by atoms with Gasteiger partial charge in [0.2, 0.25) is 5.95 Å². The predicted molar refractivity (Wildman–Crippen MR) is 106 cm³/mol. The van der Waals surface area contributed by atoms with Gasteiger partial charge in [-0.3, -0.25) is 4.79 Å². The number of pyridine rings is 1. The molecule has 142 valence electrons. The lowest BCUT2D eigenvalue weighted by Crippen LogP contribution is -2.44. The van der Waals surface area contributed by atoms with Gasteiger partial charge in [0.05, 0.1) is 5.69 Å². The number of hydrogen-bond acceptors (Lipinski definition) is 5. The summed E-state index contributed by atoms with van der Waals surface area (Å²) >= 11 is 0. The van der Waals surface area contributed by atoms with Crippen molar-refractivity contribution < 1.29 is 0 Å². The van der Waals surface area contributed by atoms with E-state index in [2.05, 4.69) is 11.4 Å². The molecule has 1 fully saturated rings. The summed E-state index contributed by atoms with van der Waals surface area (Å²) in [7, 11) is 3.95. The molecule has 0 saturated carbocycles. The molecule has 4 heterocycles. The molecule has 27 heavy (non-hydrogen) atoms. The molecule has 2 aromatic rings. The van der Waals surface area contributed by atoms with Crippen LogP contribution in [0.25, 0.3) is 11.3 Å². The Morgan fingerprint density at radius 1 is 1.15 bits per heavy atom. The Bertz CT molecular complexity index is 948. The number of aromatic nitrogens is 3. The molecular weight excluding hydrogens is 338 g/mol. The molecule has 6 heteroatoms. The van der Waals surface area contributed by atoms with Crippen LogP contribution in [0.2, 0.25) is 0 Å². The zero-order valence-corrected chi connectivity index (χ0v) is 16.2. The topological polar surface area (TPSA) is 63.1 Å². The number of rotatable bonds is 2. The van der Waals surface area contributed by atoms with Crippen molar-refractivity contribution in [3.8, 4) is 11.3 Å². The molecule has 0 unspecified atom stereocenters. The lowest BCUT2D eigenvalue weighted by molar-refractivity contribution is 0.257. The second-order valence-corrected chi connectivity index (χ2v) is 8.47. The van der Waals surface area contributed by atoms with Crippen LogP contribution in [0, 0.1) is 5.92 Å². The van der Waals surface area contributed by atoms with E-state index >= 15 is 0 Å². The number of hydrogen-bond donors (Lipinski definition) is 1. The molecule has 2 aromatic heterocycles. The largest absolute Gasteiger partial charge is 0.347 e. The third kappa shape index (κ3) is 2.87. The van der Waals surface area contributed by atoms with Gasteiger partial charge >= 0.3 is 0 Å². The fourth-order valence-electron chi connectivity index (χ4n) is 4.96. The Kier molecular flexibility index (Phi) is 4.04. The van der Waals surface area contributed by atoms with Gasteiger partial charge in [-0.1, -0.05) is 0 Å². The molecule has 2 bridgehead atoms. The smallest absolute Gasteiger partial charge is 0.251 e. The van der Waals surface area contributed by atoms with Gasteiger partial charge < -0.3 is 14.8 Å². The van der Waals surface area contributed by atoms with E-state index in [-0.39, 0.29) is 5.56 Å². The molecule has 0 spiro atoms. The minimum atomic E-state index is 0.119. The molecule has 1 aliphatic carbocycles. The van der Waals surface area contributed by atoms with Gasteiger partial charge in [-0.25, -0.2) is 9.97 Å². The average molecular weight is 365 g/mol. The van der Waals surface area contributed by atoms with E-state index in [4.69, 9.17) is 9.97 Å². The van der Waals surface area contributed by atoms with Crippen LogP contribution in [0.15, 0.2) is 16.9 Å². The third-order valence-electron chi connectivity index (χ3n) is 6.31. The molecule has 1 N–H and O–H groups in total. The normalized spacial score (nSPS) is 23.5. The molecule has 2 aliphatic heterocycles. The van der Waals surface area contributed by atoms with Crippen molar-refractivity contribution in [2.75, 3.05) is 32.1 Å².